The molecule has 5 nitrogen and oxygen atoms in total. The molecule has 1 saturated carbocycles. The molecule has 0 N–H and O–H groups in total. The number of nitro benzene ring substituents is 1. The number of hydrogen-bond acceptors (Lipinski definition) is 4. The monoisotopic (exact) mass is 319 g/mol. The lowest BCUT2D eigenvalue weighted by molar-refractivity contribution is -0.385. The molecule has 1 aliphatic rings. The maximum atomic E-state index is 12.4. The molecular weight excluding hydrogens is 294 g/mol. The molecule has 23 heavy (non-hydrogen) atoms. The van der Waals surface area contributed by atoms with Gasteiger partial charge in [-0.25, -0.2) is 4.79 Å². The molecule has 0 saturated heterocycles. The van der Waals surface area contributed by atoms with E-state index >= 15 is 0 Å². The highest BCUT2D eigenvalue weighted by molar-refractivity contribution is 5.90. The van der Waals surface area contributed by atoms with Crippen molar-refractivity contribution in [3.05, 3.63) is 39.4 Å². The van der Waals surface area contributed by atoms with Crippen LogP contribution in [0.2, 0.25) is 0 Å². The second kappa shape index (κ2) is 7.11. The number of aryl methyl sites for hydroxylation is 1. The van der Waals surface area contributed by atoms with Gasteiger partial charge in [-0.1, -0.05) is 33.3 Å². The molecule has 0 aromatic heterocycles. The number of nitro groups is 1. The number of benzene rings is 1. The standard InChI is InChI=1S/C18H25NO4/c1-11(2)15-8-5-12(3)9-17(15)23-18(20)14-7-6-13(4)16(10-14)19(21)22/h6-7,10-12,15,17H,5,8-9H2,1-4H3/t12-,15-,17+/m1/s1. The van der Waals surface area contributed by atoms with Crippen LogP contribution < -0.4 is 0 Å². The third-order valence-electron chi connectivity index (χ3n) is 4.86. The van der Waals surface area contributed by atoms with E-state index in [-0.39, 0.29) is 17.4 Å². The van der Waals surface area contributed by atoms with Crippen LogP contribution in [0, 0.1) is 34.8 Å². The van der Waals surface area contributed by atoms with Crippen molar-refractivity contribution in [1.29, 1.82) is 0 Å². The molecule has 0 heterocycles. The van der Waals surface area contributed by atoms with Gasteiger partial charge in [0, 0.05) is 11.6 Å². The minimum Gasteiger partial charge on any atom is -0.458 e. The van der Waals surface area contributed by atoms with E-state index in [0.29, 0.717) is 23.3 Å². The van der Waals surface area contributed by atoms with E-state index in [1.54, 1.807) is 19.1 Å². The third kappa shape index (κ3) is 4.09. The minimum atomic E-state index is -0.467. The van der Waals surface area contributed by atoms with Gasteiger partial charge < -0.3 is 4.74 Å². The average molecular weight is 319 g/mol. The highest BCUT2D eigenvalue weighted by Crippen LogP contribution is 2.35. The fourth-order valence-electron chi connectivity index (χ4n) is 3.39. The van der Waals surface area contributed by atoms with Gasteiger partial charge in [-0.05, 0) is 43.6 Å². The molecule has 126 valence electrons. The highest BCUT2D eigenvalue weighted by Gasteiger charge is 2.33. The predicted molar refractivity (Wildman–Crippen MR) is 88.4 cm³/mol. The third-order valence-corrected chi connectivity index (χ3v) is 4.86. The molecule has 0 spiro atoms. The lowest BCUT2D eigenvalue weighted by atomic mass is 9.75. The average Bonchev–Trinajstić information content (AvgIpc) is 2.46. The van der Waals surface area contributed by atoms with Gasteiger partial charge in [0.15, 0.2) is 0 Å². The molecule has 2 rings (SSSR count). The molecule has 1 aromatic rings. The van der Waals surface area contributed by atoms with Gasteiger partial charge in [-0.3, -0.25) is 10.1 Å². The van der Waals surface area contributed by atoms with Crippen molar-refractivity contribution < 1.29 is 14.5 Å². The fourth-order valence-corrected chi connectivity index (χ4v) is 3.39. The molecule has 0 aliphatic heterocycles. The van der Waals surface area contributed by atoms with Crippen LogP contribution in [0.1, 0.15) is 56.0 Å². The van der Waals surface area contributed by atoms with Crippen LogP contribution in [-0.4, -0.2) is 17.0 Å². The van der Waals surface area contributed by atoms with Crippen LogP contribution >= 0.6 is 0 Å². The number of carbonyl (C=O) groups is 1. The topological polar surface area (TPSA) is 69.4 Å². The predicted octanol–water partition coefficient (Wildman–Crippen LogP) is 4.52. The van der Waals surface area contributed by atoms with E-state index in [1.165, 1.54) is 6.07 Å². The first-order valence-corrected chi connectivity index (χ1v) is 8.25. The summed E-state index contributed by atoms with van der Waals surface area (Å²) in [6.45, 7) is 8.13. The molecule has 1 aliphatic carbocycles. The zero-order valence-electron chi connectivity index (χ0n) is 14.2. The Kier molecular flexibility index (Phi) is 5.39. The highest BCUT2D eigenvalue weighted by atomic mass is 16.6. The van der Waals surface area contributed by atoms with E-state index in [2.05, 4.69) is 20.8 Å². The van der Waals surface area contributed by atoms with Crippen LogP contribution in [0.5, 0.6) is 0 Å². The first-order valence-electron chi connectivity index (χ1n) is 8.25. The summed E-state index contributed by atoms with van der Waals surface area (Å²) in [7, 11) is 0. The molecule has 0 bridgehead atoms. The van der Waals surface area contributed by atoms with Crippen molar-refractivity contribution in [2.45, 2.75) is 53.1 Å². The summed E-state index contributed by atoms with van der Waals surface area (Å²) in [5, 5.41) is 11.0. The molecule has 1 fully saturated rings. The van der Waals surface area contributed by atoms with Crippen LogP contribution in [0.3, 0.4) is 0 Å². The van der Waals surface area contributed by atoms with Crippen molar-refractivity contribution in [2.75, 3.05) is 0 Å². The maximum Gasteiger partial charge on any atom is 0.338 e. The Balaban J connectivity index is 2.17. The summed E-state index contributed by atoms with van der Waals surface area (Å²) in [6, 6.07) is 4.51. The molecule has 0 amide bonds. The summed E-state index contributed by atoms with van der Waals surface area (Å²) < 4.78 is 5.73. The lowest BCUT2D eigenvalue weighted by Crippen LogP contribution is -2.35. The van der Waals surface area contributed by atoms with Crippen LogP contribution in [0.25, 0.3) is 0 Å². The number of rotatable bonds is 4. The molecule has 0 radical (unpaired) electrons. The SMILES string of the molecule is Cc1ccc(C(=O)O[C@H]2C[C@H](C)CC[C@@H]2C(C)C)cc1[N+](=O)[O-]. The van der Waals surface area contributed by atoms with Gasteiger partial charge >= 0.3 is 5.97 Å². The number of esters is 1. The largest absolute Gasteiger partial charge is 0.458 e. The molecule has 0 unspecified atom stereocenters. The molecule has 1 aromatic carbocycles. The summed E-state index contributed by atoms with van der Waals surface area (Å²) in [6.07, 6.45) is 2.98. The Hall–Kier alpha value is -1.91. The van der Waals surface area contributed by atoms with Gasteiger partial charge in [0.2, 0.25) is 0 Å². The van der Waals surface area contributed by atoms with Gasteiger partial charge in [0.1, 0.15) is 6.10 Å². The number of carbonyl (C=O) groups excluding carboxylic acids is 1. The first kappa shape index (κ1) is 17.4. The Bertz CT molecular complexity index is 597. The first-order chi connectivity index (χ1) is 10.8. The van der Waals surface area contributed by atoms with E-state index in [9.17, 15) is 14.9 Å². The maximum absolute atomic E-state index is 12.4. The number of hydrogen-bond donors (Lipinski definition) is 0. The quantitative estimate of drug-likeness (QED) is 0.465. The van der Waals surface area contributed by atoms with Crippen LogP contribution in [0.15, 0.2) is 18.2 Å². The summed E-state index contributed by atoms with van der Waals surface area (Å²) in [4.78, 5) is 23.0. The second-order valence-corrected chi connectivity index (χ2v) is 7.03. The second-order valence-electron chi connectivity index (χ2n) is 7.03. The van der Waals surface area contributed by atoms with Crippen molar-refractivity contribution in [2.24, 2.45) is 17.8 Å². The fraction of sp³-hybridized carbons (Fsp3) is 0.611. The van der Waals surface area contributed by atoms with Crippen LogP contribution in [0.4, 0.5) is 5.69 Å². The number of nitrogens with zero attached hydrogens (tertiary/aromatic N) is 1. The Morgan fingerprint density at radius 1 is 1.35 bits per heavy atom. The zero-order chi connectivity index (χ0) is 17.1. The van der Waals surface area contributed by atoms with E-state index in [4.69, 9.17) is 4.74 Å². The van der Waals surface area contributed by atoms with E-state index in [1.807, 2.05) is 0 Å². The van der Waals surface area contributed by atoms with E-state index < -0.39 is 10.9 Å². The smallest absolute Gasteiger partial charge is 0.338 e. The molecule has 3 atom stereocenters. The molecular formula is C18H25NO4. The lowest BCUT2D eigenvalue weighted by Gasteiger charge is -2.36. The van der Waals surface area contributed by atoms with Crippen molar-refractivity contribution in [3.8, 4) is 0 Å². The Labute approximate surface area is 137 Å². The molecule has 5 heteroatoms. The number of ether oxygens (including phenoxy) is 1. The Morgan fingerprint density at radius 3 is 2.65 bits per heavy atom. The van der Waals surface area contributed by atoms with Gasteiger partial charge in [-0.2, -0.15) is 0 Å². The Morgan fingerprint density at radius 2 is 2.04 bits per heavy atom. The van der Waals surface area contributed by atoms with Gasteiger partial charge in [0.25, 0.3) is 5.69 Å². The van der Waals surface area contributed by atoms with Gasteiger partial charge in [0.05, 0.1) is 10.5 Å². The van der Waals surface area contributed by atoms with Crippen LogP contribution in [-0.2, 0) is 4.74 Å². The minimum absolute atomic E-state index is 0.0446. The van der Waals surface area contributed by atoms with Gasteiger partial charge in [-0.15, -0.1) is 0 Å². The van der Waals surface area contributed by atoms with E-state index in [0.717, 1.165) is 19.3 Å². The van der Waals surface area contributed by atoms with Crippen molar-refractivity contribution >= 4 is 11.7 Å². The van der Waals surface area contributed by atoms with Crippen molar-refractivity contribution in [3.63, 3.8) is 0 Å². The normalized spacial score (nSPS) is 24.5. The zero-order valence-corrected chi connectivity index (χ0v) is 14.2. The summed E-state index contributed by atoms with van der Waals surface area (Å²) in [5.41, 5.74) is 0.748. The van der Waals surface area contributed by atoms with Crippen molar-refractivity contribution in [1.82, 2.24) is 0 Å². The summed E-state index contributed by atoms with van der Waals surface area (Å²) >= 11 is 0. The summed E-state index contributed by atoms with van der Waals surface area (Å²) in [5.74, 6) is 0.885.